The summed E-state index contributed by atoms with van der Waals surface area (Å²) in [6, 6.07) is 13.2. The molecule has 3 heteroatoms. The lowest BCUT2D eigenvalue weighted by Gasteiger charge is -2.23. The van der Waals surface area contributed by atoms with Gasteiger partial charge in [0.2, 0.25) is 0 Å². The third-order valence-corrected chi connectivity index (χ3v) is 2.96. The molecular formula is C15H17NO2. The number of nitrogens with zero attached hydrogens (tertiary/aromatic N) is 1. The number of rotatable bonds is 4. The second-order valence-electron chi connectivity index (χ2n) is 4.50. The third kappa shape index (κ3) is 2.87. The second-order valence-corrected chi connectivity index (χ2v) is 4.50. The molecule has 0 spiro atoms. The van der Waals surface area contributed by atoms with Crippen LogP contribution in [0.1, 0.15) is 18.2 Å². The van der Waals surface area contributed by atoms with E-state index in [1.807, 2.05) is 42.5 Å². The molecule has 0 fully saturated rings. The molecule has 18 heavy (non-hydrogen) atoms. The highest BCUT2D eigenvalue weighted by molar-refractivity contribution is 5.31. The van der Waals surface area contributed by atoms with Gasteiger partial charge in [0.15, 0.2) is 0 Å². The number of hydrogen-bond acceptors (Lipinski definition) is 3. The first kappa shape index (κ1) is 12.6. The van der Waals surface area contributed by atoms with Crippen molar-refractivity contribution in [2.75, 3.05) is 7.11 Å². The van der Waals surface area contributed by atoms with E-state index < -0.39 is 5.60 Å². The van der Waals surface area contributed by atoms with Crippen molar-refractivity contribution in [3.8, 4) is 5.75 Å². The van der Waals surface area contributed by atoms with Crippen molar-refractivity contribution >= 4 is 0 Å². The van der Waals surface area contributed by atoms with E-state index in [1.54, 1.807) is 20.2 Å². The summed E-state index contributed by atoms with van der Waals surface area (Å²) in [4.78, 5) is 4.24. The Labute approximate surface area is 107 Å². The minimum Gasteiger partial charge on any atom is -0.497 e. The Bertz CT molecular complexity index is 492. The Morgan fingerprint density at radius 2 is 1.89 bits per heavy atom. The molecule has 1 atom stereocenters. The summed E-state index contributed by atoms with van der Waals surface area (Å²) >= 11 is 0. The predicted molar refractivity (Wildman–Crippen MR) is 70.5 cm³/mol. The molecule has 0 unspecified atom stereocenters. The summed E-state index contributed by atoms with van der Waals surface area (Å²) in [5.41, 5.74) is 0.799. The fourth-order valence-electron chi connectivity index (χ4n) is 1.91. The van der Waals surface area contributed by atoms with Crippen molar-refractivity contribution in [3.05, 3.63) is 59.9 Å². The number of methoxy groups -OCH3 is 1. The summed E-state index contributed by atoms with van der Waals surface area (Å²) in [5, 5.41) is 10.5. The van der Waals surface area contributed by atoms with Crippen molar-refractivity contribution < 1.29 is 9.84 Å². The standard InChI is InChI=1S/C15H17NO2/c1-15(17,11-13-5-3-4-10-16-13)12-6-8-14(18-2)9-7-12/h3-10,17H,11H2,1-2H3/t15-/m1/s1. The Morgan fingerprint density at radius 3 is 2.44 bits per heavy atom. The highest BCUT2D eigenvalue weighted by atomic mass is 16.5. The molecule has 0 saturated heterocycles. The highest BCUT2D eigenvalue weighted by Crippen LogP contribution is 2.26. The molecule has 0 aliphatic heterocycles. The average Bonchev–Trinajstić information content (AvgIpc) is 2.39. The van der Waals surface area contributed by atoms with Crippen LogP contribution in [0.25, 0.3) is 0 Å². The van der Waals surface area contributed by atoms with Gasteiger partial charge in [-0.2, -0.15) is 0 Å². The van der Waals surface area contributed by atoms with E-state index >= 15 is 0 Å². The molecule has 0 amide bonds. The quantitative estimate of drug-likeness (QED) is 0.897. The van der Waals surface area contributed by atoms with Gasteiger partial charge in [0.25, 0.3) is 0 Å². The van der Waals surface area contributed by atoms with Crippen molar-refractivity contribution in [3.63, 3.8) is 0 Å². The van der Waals surface area contributed by atoms with Crippen LogP contribution >= 0.6 is 0 Å². The number of ether oxygens (including phenoxy) is 1. The average molecular weight is 243 g/mol. The van der Waals surface area contributed by atoms with Gasteiger partial charge < -0.3 is 9.84 Å². The maximum absolute atomic E-state index is 10.5. The van der Waals surface area contributed by atoms with E-state index in [2.05, 4.69) is 4.98 Å². The highest BCUT2D eigenvalue weighted by Gasteiger charge is 2.24. The van der Waals surface area contributed by atoms with Crippen LogP contribution in [-0.4, -0.2) is 17.2 Å². The molecule has 0 aliphatic carbocycles. The molecule has 1 heterocycles. The fraction of sp³-hybridized carbons (Fsp3) is 0.267. The van der Waals surface area contributed by atoms with E-state index in [4.69, 9.17) is 4.74 Å². The molecule has 94 valence electrons. The summed E-state index contributed by atoms with van der Waals surface area (Å²) in [6.07, 6.45) is 2.22. The topological polar surface area (TPSA) is 42.4 Å². The third-order valence-electron chi connectivity index (χ3n) is 2.96. The molecular weight excluding hydrogens is 226 g/mol. The fourth-order valence-corrected chi connectivity index (χ4v) is 1.91. The van der Waals surface area contributed by atoms with Gasteiger partial charge >= 0.3 is 0 Å². The van der Waals surface area contributed by atoms with Gasteiger partial charge in [-0.3, -0.25) is 4.98 Å². The Morgan fingerprint density at radius 1 is 1.17 bits per heavy atom. The summed E-state index contributed by atoms with van der Waals surface area (Å²) in [7, 11) is 1.63. The first-order valence-electron chi connectivity index (χ1n) is 5.88. The smallest absolute Gasteiger partial charge is 0.118 e. The number of benzene rings is 1. The van der Waals surface area contributed by atoms with Crippen molar-refractivity contribution in [2.24, 2.45) is 0 Å². The van der Waals surface area contributed by atoms with Crippen molar-refractivity contribution in [1.29, 1.82) is 0 Å². The zero-order chi connectivity index (χ0) is 13.0. The minimum absolute atomic E-state index is 0.486. The Kier molecular flexibility index (Phi) is 3.63. The number of aromatic nitrogens is 1. The van der Waals surface area contributed by atoms with E-state index in [-0.39, 0.29) is 0 Å². The van der Waals surface area contributed by atoms with Gasteiger partial charge in [-0.1, -0.05) is 18.2 Å². The van der Waals surface area contributed by atoms with Crippen molar-refractivity contribution in [1.82, 2.24) is 4.98 Å². The lowest BCUT2D eigenvalue weighted by atomic mass is 9.91. The molecule has 1 aromatic heterocycles. The van der Waals surface area contributed by atoms with Crippen LogP contribution in [0.5, 0.6) is 5.75 Å². The summed E-state index contributed by atoms with van der Waals surface area (Å²) in [6.45, 7) is 1.80. The normalized spacial score (nSPS) is 13.9. The van der Waals surface area contributed by atoms with Crippen LogP contribution in [0.15, 0.2) is 48.7 Å². The second kappa shape index (κ2) is 5.19. The first-order valence-corrected chi connectivity index (χ1v) is 5.88. The maximum atomic E-state index is 10.5. The maximum Gasteiger partial charge on any atom is 0.118 e. The molecule has 0 bridgehead atoms. The number of aliphatic hydroxyl groups is 1. The molecule has 3 nitrogen and oxygen atoms in total. The summed E-state index contributed by atoms with van der Waals surface area (Å²) in [5.74, 6) is 0.785. The SMILES string of the molecule is COc1ccc([C@](C)(O)Cc2ccccn2)cc1. The number of pyridine rings is 1. The number of hydrogen-bond donors (Lipinski definition) is 1. The molecule has 0 radical (unpaired) electrons. The van der Waals surface area contributed by atoms with Crippen LogP contribution in [-0.2, 0) is 12.0 Å². The zero-order valence-corrected chi connectivity index (χ0v) is 10.6. The van der Waals surface area contributed by atoms with Gasteiger partial charge in [0, 0.05) is 18.3 Å². The lowest BCUT2D eigenvalue weighted by molar-refractivity contribution is 0.0565. The van der Waals surface area contributed by atoms with Crippen LogP contribution in [0.4, 0.5) is 0 Å². The molecule has 0 saturated carbocycles. The van der Waals surface area contributed by atoms with E-state index in [9.17, 15) is 5.11 Å². The van der Waals surface area contributed by atoms with Gasteiger partial charge in [0.05, 0.1) is 12.7 Å². The first-order chi connectivity index (χ1) is 8.62. The van der Waals surface area contributed by atoms with Crippen LogP contribution in [0, 0.1) is 0 Å². The van der Waals surface area contributed by atoms with E-state index in [1.165, 1.54) is 0 Å². The van der Waals surface area contributed by atoms with Crippen molar-refractivity contribution in [2.45, 2.75) is 18.9 Å². The Balaban J connectivity index is 2.19. The van der Waals surface area contributed by atoms with Gasteiger partial charge in [-0.05, 0) is 36.8 Å². The van der Waals surface area contributed by atoms with E-state index in [0.717, 1.165) is 17.0 Å². The molecule has 0 aliphatic rings. The lowest BCUT2D eigenvalue weighted by Crippen LogP contribution is -2.24. The molecule has 2 rings (SSSR count). The van der Waals surface area contributed by atoms with Crippen LogP contribution in [0.3, 0.4) is 0 Å². The van der Waals surface area contributed by atoms with Gasteiger partial charge in [0.1, 0.15) is 5.75 Å². The van der Waals surface area contributed by atoms with E-state index in [0.29, 0.717) is 6.42 Å². The van der Waals surface area contributed by atoms with Crippen LogP contribution in [0.2, 0.25) is 0 Å². The molecule has 1 aromatic carbocycles. The Hall–Kier alpha value is -1.87. The van der Waals surface area contributed by atoms with Gasteiger partial charge in [-0.25, -0.2) is 0 Å². The monoisotopic (exact) mass is 243 g/mol. The van der Waals surface area contributed by atoms with Gasteiger partial charge in [-0.15, -0.1) is 0 Å². The van der Waals surface area contributed by atoms with Crippen LogP contribution < -0.4 is 4.74 Å². The zero-order valence-electron chi connectivity index (χ0n) is 10.6. The minimum atomic E-state index is -0.930. The molecule has 2 aromatic rings. The predicted octanol–water partition coefficient (Wildman–Crippen LogP) is 2.54. The summed E-state index contributed by atoms with van der Waals surface area (Å²) < 4.78 is 5.11. The molecule has 1 N–H and O–H groups in total. The largest absolute Gasteiger partial charge is 0.497 e.